The Bertz CT molecular complexity index is 522. The third kappa shape index (κ3) is 4.59. The molecule has 1 unspecified atom stereocenters. The quantitative estimate of drug-likeness (QED) is 0.921. The van der Waals surface area contributed by atoms with Gasteiger partial charge in [-0.05, 0) is 31.5 Å². The number of halogens is 3. The first kappa shape index (κ1) is 16.5. The SMILES string of the molecule is COc1ncccc1C(=O)NC1CCCN(CC(F)(F)F)C1. The molecule has 0 aromatic carbocycles. The number of ether oxygens (including phenoxy) is 1. The van der Waals surface area contributed by atoms with Crippen LogP contribution in [-0.4, -0.2) is 54.8 Å². The van der Waals surface area contributed by atoms with Crippen LogP contribution >= 0.6 is 0 Å². The Morgan fingerprint density at radius 3 is 3.00 bits per heavy atom. The van der Waals surface area contributed by atoms with Gasteiger partial charge in [-0.1, -0.05) is 0 Å². The number of hydrogen-bond acceptors (Lipinski definition) is 4. The molecule has 1 saturated heterocycles. The number of rotatable bonds is 4. The number of nitrogens with zero attached hydrogens (tertiary/aromatic N) is 2. The fourth-order valence-corrected chi connectivity index (χ4v) is 2.56. The van der Waals surface area contributed by atoms with Crippen molar-refractivity contribution in [3.63, 3.8) is 0 Å². The minimum atomic E-state index is -4.22. The van der Waals surface area contributed by atoms with Crippen molar-refractivity contribution in [2.45, 2.75) is 25.1 Å². The van der Waals surface area contributed by atoms with Crippen molar-refractivity contribution in [3.8, 4) is 5.88 Å². The van der Waals surface area contributed by atoms with Gasteiger partial charge in [0, 0.05) is 18.8 Å². The molecule has 0 aliphatic carbocycles. The van der Waals surface area contributed by atoms with E-state index >= 15 is 0 Å². The predicted octanol–water partition coefficient (Wildman–Crippen LogP) is 1.85. The van der Waals surface area contributed by atoms with Crippen LogP contribution in [0.1, 0.15) is 23.2 Å². The number of methoxy groups -OCH3 is 1. The normalized spacial score (nSPS) is 19.7. The van der Waals surface area contributed by atoms with Gasteiger partial charge in [0.25, 0.3) is 5.91 Å². The molecule has 122 valence electrons. The molecule has 2 rings (SSSR count). The zero-order chi connectivity index (χ0) is 16.2. The van der Waals surface area contributed by atoms with E-state index in [1.165, 1.54) is 18.2 Å². The van der Waals surface area contributed by atoms with Crippen molar-refractivity contribution in [3.05, 3.63) is 23.9 Å². The van der Waals surface area contributed by atoms with E-state index in [1.807, 2.05) is 0 Å². The van der Waals surface area contributed by atoms with Crippen molar-refractivity contribution in [2.75, 3.05) is 26.7 Å². The second-order valence-electron chi connectivity index (χ2n) is 5.22. The van der Waals surface area contributed by atoms with Crippen LogP contribution in [0.2, 0.25) is 0 Å². The summed E-state index contributed by atoms with van der Waals surface area (Å²) < 4.78 is 42.3. The van der Waals surface area contributed by atoms with E-state index in [2.05, 4.69) is 10.3 Å². The average molecular weight is 317 g/mol. The number of pyridine rings is 1. The molecule has 1 N–H and O–H groups in total. The van der Waals surface area contributed by atoms with E-state index in [9.17, 15) is 18.0 Å². The Hall–Kier alpha value is -1.83. The smallest absolute Gasteiger partial charge is 0.401 e. The van der Waals surface area contributed by atoms with Crippen LogP contribution in [-0.2, 0) is 0 Å². The maximum Gasteiger partial charge on any atom is 0.401 e. The Morgan fingerprint density at radius 2 is 2.32 bits per heavy atom. The lowest BCUT2D eigenvalue weighted by atomic mass is 10.1. The van der Waals surface area contributed by atoms with Gasteiger partial charge in [0.15, 0.2) is 0 Å². The van der Waals surface area contributed by atoms with Gasteiger partial charge in [0.05, 0.1) is 13.7 Å². The lowest BCUT2D eigenvalue weighted by Crippen LogP contribution is -2.50. The summed E-state index contributed by atoms with van der Waals surface area (Å²) >= 11 is 0. The van der Waals surface area contributed by atoms with Crippen LogP contribution in [0, 0.1) is 0 Å². The molecular weight excluding hydrogens is 299 g/mol. The molecule has 1 aliphatic heterocycles. The number of aromatic nitrogens is 1. The molecule has 1 aromatic rings. The molecule has 1 amide bonds. The fraction of sp³-hybridized carbons (Fsp3) is 0.571. The summed E-state index contributed by atoms with van der Waals surface area (Å²) in [5.41, 5.74) is 0.276. The first-order valence-electron chi connectivity index (χ1n) is 6.98. The lowest BCUT2D eigenvalue weighted by Gasteiger charge is -2.33. The van der Waals surface area contributed by atoms with E-state index < -0.39 is 12.7 Å². The summed E-state index contributed by atoms with van der Waals surface area (Å²) in [5.74, 6) is -0.188. The minimum absolute atomic E-state index is 0.188. The van der Waals surface area contributed by atoms with Gasteiger partial charge >= 0.3 is 6.18 Å². The zero-order valence-corrected chi connectivity index (χ0v) is 12.2. The summed E-state index contributed by atoms with van der Waals surface area (Å²) in [6, 6.07) is 2.86. The summed E-state index contributed by atoms with van der Waals surface area (Å²) in [6.45, 7) is -0.370. The summed E-state index contributed by atoms with van der Waals surface area (Å²) in [6.07, 6.45) is -1.45. The second kappa shape index (κ2) is 6.95. The molecular formula is C14H18F3N3O2. The molecule has 22 heavy (non-hydrogen) atoms. The number of alkyl halides is 3. The second-order valence-corrected chi connectivity index (χ2v) is 5.22. The Labute approximate surface area is 126 Å². The van der Waals surface area contributed by atoms with E-state index in [-0.39, 0.29) is 29.9 Å². The van der Waals surface area contributed by atoms with Crippen LogP contribution in [0.3, 0.4) is 0 Å². The van der Waals surface area contributed by atoms with Gasteiger partial charge < -0.3 is 10.1 Å². The monoisotopic (exact) mass is 317 g/mol. The highest BCUT2D eigenvalue weighted by Crippen LogP contribution is 2.20. The molecule has 1 aliphatic rings. The molecule has 1 atom stereocenters. The van der Waals surface area contributed by atoms with E-state index in [0.29, 0.717) is 19.4 Å². The van der Waals surface area contributed by atoms with E-state index in [0.717, 1.165) is 0 Å². The van der Waals surface area contributed by atoms with Crippen molar-refractivity contribution in [1.29, 1.82) is 0 Å². The third-order valence-corrected chi connectivity index (χ3v) is 3.45. The van der Waals surface area contributed by atoms with Crippen LogP contribution in [0.4, 0.5) is 13.2 Å². The molecule has 0 radical (unpaired) electrons. The van der Waals surface area contributed by atoms with Crippen LogP contribution < -0.4 is 10.1 Å². The van der Waals surface area contributed by atoms with Crippen molar-refractivity contribution < 1.29 is 22.7 Å². The highest BCUT2D eigenvalue weighted by molar-refractivity contribution is 5.96. The highest BCUT2D eigenvalue weighted by atomic mass is 19.4. The average Bonchev–Trinajstić information content (AvgIpc) is 2.45. The number of nitrogens with one attached hydrogen (secondary N) is 1. The van der Waals surface area contributed by atoms with Gasteiger partial charge in [0.1, 0.15) is 5.56 Å². The third-order valence-electron chi connectivity index (χ3n) is 3.45. The number of hydrogen-bond donors (Lipinski definition) is 1. The predicted molar refractivity (Wildman–Crippen MR) is 73.8 cm³/mol. The van der Waals surface area contributed by atoms with Gasteiger partial charge in [-0.3, -0.25) is 9.69 Å². The molecule has 1 aromatic heterocycles. The first-order valence-corrected chi connectivity index (χ1v) is 6.98. The van der Waals surface area contributed by atoms with Gasteiger partial charge in [-0.25, -0.2) is 4.98 Å². The number of likely N-dealkylation sites (tertiary alicyclic amines) is 1. The summed E-state index contributed by atoms with van der Waals surface area (Å²) in [4.78, 5) is 17.5. The molecule has 0 spiro atoms. The van der Waals surface area contributed by atoms with Crippen molar-refractivity contribution in [2.24, 2.45) is 0 Å². The lowest BCUT2D eigenvalue weighted by molar-refractivity contribution is -0.148. The largest absolute Gasteiger partial charge is 0.480 e. The maximum absolute atomic E-state index is 12.4. The molecule has 2 heterocycles. The number of carbonyl (C=O) groups excluding carboxylic acids is 1. The molecule has 8 heteroatoms. The first-order chi connectivity index (χ1) is 10.4. The van der Waals surface area contributed by atoms with Crippen LogP contribution in [0.25, 0.3) is 0 Å². The molecule has 0 saturated carbocycles. The van der Waals surface area contributed by atoms with Crippen molar-refractivity contribution >= 4 is 5.91 Å². The summed E-state index contributed by atoms with van der Waals surface area (Å²) in [7, 11) is 1.41. The zero-order valence-electron chi connectivity index (χ0n) is 12.2. The standard InChI is InChI=1S/C14H18F3N3O2/c1-22-13-11(5-2-6-18-13)12(21)19-10-4-3-7-20(8-10)9-14(15,16)17/h2,5-6,10H,3-4,7-9H2,1H3,(H,19,21). The highest BCUT2D eigenvalue weighted by Gasteiger charge is 2.33. The maximum atomic E-state index is 12.4. The molecule has 5 nitrogen and oxygen atoms in total. The number of piperidine rings is 1. The molecule has 0 bridgehead atoms. The number of amides is 1. The van der Waals surface area contributed by atoms with E-state index in [4.69, 9.17) is 4.74 Å². The molecule has 1 fully saturated rings. The van der Waals surface area contributed by atoms with Crippen LogP contribution in [0.5, 0.6) is 5.88 Å². The van der Waals surface area contributed by atoms with Gasteiger partial charge in [-0.15, -0.1) is 0 Å². The van der Waals surface area contributed by atoms with Gasteiger partial charge in [0.2, 0.25) is 5.88 Å². The van der Waals surface area contributed by atoms with Crippen LogP contribution in [0.15, 0.2) is 18.3 Å². The van der Waals surface area contributed by atoms with E-state index in [1.54, 1.807) is 12.1 Å². The van der Waals surface area contributed by atoms with Crippen molar-refractivity contribution in [1.82, 2.24) is 15.2 Å². The Balaban J connectivity index is 1.96. The topological polar surface area (TPSA) is 54.5 Å². The fourth-order valence-electron chi connectivity index (χ4n) is 2.56. The number of carbonyl (C=O) groups is 1. The summed E-state index contributed by atoms with van der Waals surface area (Å²) in [5, 5.41) is 2.76. The Kier molecular flexibility index (Phi) is 5.23. The van der Waals surface area contributed by atoms with Gasteiger partial charge in [-0.2, -0.15) is 13.2 Å². The Morgan fingerprint density at radius 1 is 1.55 bits per heavy atom. The minimum Gasteiger partial charge on any atom is -0.480 e.